The van der Waals surface area contributed by atoms with Gasteiger partial charge in [0.05, 0.1) is 12.3 Å². The Balaban J connectivity index is 1.57. The number of carbonyl (C=O) groups excluding carboxylic acids is 1. The maximum absolute atomic E-state index is 12.4. The minimum Gasteiger partial charge on any atom is -0.285 e. The fourth-order valence-corrected chi connectivity index (χ4v) is 4.37. The molecule has 2 aliphatic rings. The van der Waals surface area contributed by atoms with E-state index in [4.69, 9.17) is 0 Å². The Morgan fingerprint density at radius 2 is 1.85 bits per heavy atom. The minimum atomic E-state index is 0.110. The van der Waals surface area contributed by atoms with Crippen molar-refractivity contribution >= 4 is 39.3 Å². The van der Waals surface area contributed by atoms with Crippen molar-refractivity contribution in [3.63, 3.8) is 0 Å². The second kappa shape index (κ2) is 7.62. The van der Waals surface area contributed by atoms with Gasteiger partial charge in [-0.05, 0) is 47.9 Å². The zero-order valence-corrected chi connectivity index (χ0v) is 15.8. The van der Waals surface area contributed by atoms with Crippen molar-refractivity contribution in [1.29, 1.82) is 0 Å². The molecule has 1 saturated heterocycles. The van der Waals surface area contributed by atoms with Crippen LogP contribution in [0.25, 0.3) is 10.8 Å². The Bertz CT molecular complexity index is 874. The molecule has 1 aliphatic heterocycles. The van der Waals surface area contributed by atoms with Crippen molar-refractivity contribution < 1.29 is 4.79 Å². The van der Waals surface area contributed by atoms with E-state index in [0.29, 0.717) is 12.3 Å². The molecular formula is C21H23N3OS. The Morgan fingerprint density at radius 1 is 1.08 bits per heavy atom. The fourth-order valence-electron chi connectivity index (χ4n) is 3.54. The first-order chi connectivity index (χ1) is 12.7. The van der Waals surface area contributed by atoms with Gasteiger partial charge in [0.2, 0.25) is 5.91 Å². The van der Waals surface area contributed by atoms with Crippen LogP contribution < -0.4 is 0 Å². The SMILES string of the molecule is CC1CCC(=N/N=C2\SCC(=O)N2Cc2cccc3ccccc23)CC1. The smallest absolute Gasteiger partial charge is 0.239 e. The third-order valence-corrected chi connectivity index (χ3v) is 6.15. The Kier molecular flexibility index (Phi) is 5.07. The van der Waals surface area contributed by atoms with Crippen LogP contribution in [0.15, 0.2) is 52.7 Å². The molecule has 2 fully saturated rings. The van der Waals surface area contributed by atoms with Crippen molar-refractivity contribution in [3.05, 3.63) is 48.0 Å². The van der Waals surface area contributed by atoms with Crippen molar-refractivity contribution in [2.24, 2.45) is 16.1 Å². The summed E-state index contributed by atoms with van der Waals surface area (Å²) in [5.74, 6) is 1.34. The van der Waals surface area contributed by atoms with Crippen LogP contribution in [0.1, 0.15) is 38.2 Å². The van der Waals surface area contributed by atoms with Crippen LogP contribution in [-0.4, -0.2) is 27.4 Å². The number of fused-ring (bicyclic) bond motifs is 1. The first-order valence-electron chi connectivity index (χ1n) is 9.24. The van der Waals surface area contributed by atoms with E-state index in [1.807, 2.05) is 18.2 Å². The molecule has 26 heavy (non-hydrogen) atoms. The number of rotatable bonds is 3. The van der Waals surface area contributed by atoms with Crippen LogP contribution >= 0.6 is 11.8 Å². The average Bonchev–Trinajstić information content (AvgIpc) is 3.01. The summed E-state index contributed by atoms with van der Waals surface area (Å²) in [6.07, 6.45) is 4.44. The van der Waals surface area contributed by atoms with Crippen LogP contribution in [0.3, 0.4) is 0 Å². The molecule has 2 aromatic carbocycles. The summed E-state index contributed by atoms with van der Waals surface area (Å²) >= 11 is 1.49. The lowest BCUT2D eigenvalue weighted by Gasteiger charge is -2.19. The van der Waals surface area contributed by atoms with Crippen molar-refractivity contribution in [2.45, 2.75) is 39.2 Å². The predicted octanol–water partition coefficient (Wildman–Crippen LogP) is 4.84. The molecule has 0 spiro atoms. The van der Waals surface area contributed by atoms with Gasteiger partial charge in [-0.25, -0.2) is 0 Å². The molecule has 5 heteroatoms. The monoisotopic (exact) mass is 365 g/mol. The third kappa shape index (κ3) is 3.68. The van der Waals surface area contributed by atoms with Crippen LogP contribution in [0.2, 0.25) is 0 Å². The van der Waals surface area contributed by atoms with Crippen LogP contribution in [-0.2, 0) is 11.3 Å². The summed E-state index contributed by atoms with van der Waals surface area (Å²) in [6.45, 7) is 2.84. The lowest BCUT2D eigenvalue weighted by atomic mass is 9.90. The predicted molar refractivity (Wildman–Crippen MR) is 109 cm³/mol. The maximum atomic E-state index is 12.4. The average molecular weight is 366 g/mol. The summed E-state index contributed by atoms with van der Waals surface area (Å²) in [4.78, 5) is 14.2. The molecule has 1 aliphatic carbocycles. The molecule has 0 atom stereocenters. The van der Waals surface area contributed by atoms with E-state index in [9.17, 15) is 4.79 Å². The van der Waals surface area contributed by atoms with Gasteiger partial charge in [0.1, 0.15) is 0 Å². The number of amides is 1. The molecule has 1 heterocycles. The topological polar surface area (TPSA) is 45.0 Å². The lowest BCUT2D eigenvalue weighted by molar-refractivity contribution is -0.124. The van der Waals surface area contributed by atoms with Gasteiger partial charge < -0.3 is 0 Å². The van der Waals surface area contributed by atoms with Gasteiger partial charge in [-0.15, -0.1) is 5.10 Å². The number of nitrogens with zero attached hydrogens (tertiary/aromatic N) is 3. The van der Waals surface area contributed by atoms with Crippen LogP contribution in [0, 0.1) is 5.92 Å². The van der Waals surface area contributed by atoms with Crippen molar-refractivity contribution in [1.82, 2.24) is 4.90 Å². The molecule has 0 bridgehead atoms. The summed E-state index contributed by atoms with van der Waals surface area (Å²) < 4.78 is 0. The van der Waals surface area contributed by atoms with E-state index in [2.05, 4.69) is 41.4 Å². The number of hydrogen-bond donors (Lipinski definition) is 0. The van der Waals surface area contributed by atoms with E-state index in [0.717, 1.165) is 29.5 Å². The lowest BCUT2D eigenvalue weighted by Crippen LogP contribution is -2.29. The third-order valence-electron chi connectivity index (χ3n) is 5.19. The quantitative estimate of drug-likeness (QED) is 0.731. The number of hydrogen-bond acceptors (Lipinski definition) is 4. The molecule has 134 valence electrons. The van der Waals surface area contributed by atoms with Gasteiger partial charge in [-0.1, -0.05) is 61.2 Å². The molecule has 4 nitrogen and oxygen atoms in total. The molecule has 2 aromatic rings. The van der Waals surface area contributed by atoms with Crippen molar-refractivity contribution in [2.75, 3.05) is 5.75 Å². The summed E-state index contributed by atoms with van der Waals surface area (Å²) in [5, 5.41) is 12.0. The molecular weight excluding hydrogens is 342 g/mol. The molecule has 1 saturated carbocycles. The maximum Gasteiger partial charge on any atom is 0.239 e. The molecule has 0 N–H and O–H groups in total. The Labute approximate surface area is 158 Å². The van der Waals surface area contributed by atoms with Gasteiger partial charge in [0, 0.05) is 5.71 Å². The number of benzene rings is 2. The highest BCUT2D eigenvalue weighted by molar-refractivity contribution is 8.15. The first-order valence-corrected chi connectivity index (χ1v) is 10.2. The number of thioether (sulfide) groups is 1. The summed E-state index contributed by atoms with van der Waals surface area (Å²) in [6, 6.07) is 14.5. The van der Waals surface area contributed by atoms with Crippen molar-refractivity contribution in [3.8, 4) is 0 Å². The van der Waals surface area contributed by atoms with Gasteiger partial charge in [-0.3, -0.25) is 9.69 Å². The molecule has 0 radical (unpaired) electrons. The standard InChI is InChI=1S/C21H23N3OS/c1-15-9-11-18(12-10-15)22-23-21-24(20(25)14-26-21)13-17-7-4-6-16-5-2-3-8-19(16)17/h2-8,15H,9-14H2,1H3/b22-18?,23-21-. The summed E-state index contributed by atoms with van der Waals surface area (Å²) in [7, 11) is 0. The van der Waals surface area contributed by atoms with E-state index < -0.39 is 0 Å². The fraction of sp³-hybridized carbons (Fsp3) is 0.381. The van der Waals surface area contributed by atoms with Gasteiger partial charge in [0.25, 0.3) is 0 Å². The Morgan fingerprint density at radius 3 is 2.69 bits per heavy atom. The number of carbonyl (C=O) groups is 1. The largest absolute Gasteiger partial charge is 0.285 e. The molecule has 0 aromatic heterocycles. The van der Waals surface area contributed by atoms with E-state index in [1.165, 1.54) is 41.1 Å². The zero-order chi connectivity index (χ0) is 17.9. The molecule has 1 amide bonds. The highest BCUT2D eigenvalue weighted by atomic mass is 32.2. The normalized spacial score (nSPS) is 22.4. The molecule has 0 unspecified atom stereocenters. The Hall–Kier alpha value is -2.14. The van der Waals surface area contributed by atoms with Crippen LogP contribution in [0.5, 0.6) is 0 Å². The summed E-state index contributed by atoms with van der Waals surface area (Å²) in [5.41, 5.74) is 2.31. The highest BCUT2D eigenvalue weighted by Gasteiger charge is 2.29. The second-order valence-corrected chi connectivity index (χ2v) is 8.08. The minimum absolute atomic E-state index is 0.110. The van der Waals surface area contributed by atoms with E-state index >= 15 is 0 Å². The van der Waals surface area contributed by atoms with Crippen LogP contribution in [0.4, 0.5) is 0 Å². The highest BCUT2D eigenvalue weighted by Crippen LogP contribution is 2.26. The van der Waals surface area contributed by atoms with Gasteiger partial charge in [0.15, 0.2) is 5.17 Å². The van der Waals surface area contributed by atoms with E-state index in [-0.39, 0.29) is 5.91 Å². The second-order valence-electron chi connectivity index (χ2n) is 7.14. The van der Waals surface area contributed by atoms with E-state index in [1.54, 1.807) is 4.90 Å². The van der Waals surface area contributed by atoms with Gasteiger partial charge in [-0.2, -0.15) is 5.10 Å². The van der Waals surface area contributed by atoms with Gasteiger partial charge >= 0.3 is 0 Å². The zero-order valence-electron chi connectivity index (χ0n) is 15.0. The first kappa shape index (κ1) is 17.3. The number of amidine groups is 1. The molecule has 4 rings (SSSR count).